The topological polar surface area (TPSA) is 78.6 Å². The van der Waals surface area contributed by atoms with Crippen molar-refractivity contribution in [2.24, 2.45) is 0 Å². The smallest absolute Gasteiger partial charge is 0.270 e. The number of thioether (sulfide) groups is 1. The van der Waals surface area contributed by atoms with E-state index >= 15 is 0 Å². The third-order valence-corrected chi connectivity index (χ3v) is 7.12. The Morgan fingerprint density at radius 2 is 1.88 bits per heavy atom. The highest BCUT2D eigenvalue weighted by atomic mass is 32.2. The van der Waals surface area contributed by atoms with Gasteiger partial charge in [-0.05, 0) is 31.4 Å². The molecule has 0 aromatic carbocycles. The van der Waals surface area contributed by atoms with Crippen LogP contribution >= 0.6 is 24.0 Å². The van der Waals surface area contributed by atoms with Crippen LogP contribution in [0.2, 0.25) is 0 Å². The summed E-state index contributed by atoms with van der Waals surface area (Å²) in [6, 6.07) is 2.09. The van der Waals surface area contributed by atoms with Crippen LogP contribution in [-0.2, 0) is 16.1 Å². The minimum Gasteiger partial charge on any atom is -0.378 e. The van der Waals surface area contributed by atoms with Crippen molar-refractivity contribution >= 4 is 46.1 Å². The first kappa shape index (κ1) is 24.5. The summed E-state index contributed by atoms with van der Waals surface area (Å²) < 4.78 is 7.76. The number of thiocarbonyl (C=S) groups is 1. The first-order valence-electron chi connectivity index (χ1n) is 11.2. The summed E-state index contributed by atoms with van der Waals surface area (Å²) in [6.07, 6.45) is 5.61. The molecule has 0 atom stereocenters. The molecule has 0 saturated carbocycles. The lowest BCUT2D eigenvalue weighted by Gasteiger charge is -2.33. The van der Waals surface area contributed by atoms with Gasteiger partial charge in [0.15, 0.2) is 0 Å². The summed E-state index contributed by atoms with van der Waals surface area (Å²) in [5.41, 5.74) is 1.19. The number of hydrogen-bond donors (Lipinski definition) is 0. The number of morpholine rings is 1. The van der Waals surface area contributed by atoms with E-state index in [0.717, 1.165) is 37.1 Å². The number of ether oxygens (including phenoxy) is 1. The summed E-state index contributed by atoms with van der Waals surface area (Å²) in [4.78, 5) is 30.6. The maximum absolute atomic E-state index is 13.1. The molecule has 3 rings (SSSR count). The zero-order chi connectivity index (χ0) is 23.3. The number of carbonyl (C=O) groups excluding carboxylic acids is 1. The van der Waals surface area contributed by atoms with Gasteiger partial charge in [-0.15, -0.1) is 0 Å². The molecule has 0 N–H and O–H groups in total. The molecular weight excluding hydrogens is 444 g/mol. The molecule has 0 aliphatic carbocycles. The van der Waals surface area contributed by atoms with E-state index in [4.69, 9.17) is 17.0 Å². The Balaban J connectivity index is 2.13. The highest BCUT2D eigenvalue weighted by molar-refractivity contribution is 8.26. The van der Waals surface area contributed by atoms with Crippen molar-refractivity contribution in [1.29, 1.82) is 5.26 Å². The largest absolute Gasteiger partial charge is 0.378 e. The van der Waals surface area contributed by atoms with Gasteiger partial charge in [0.1, 0.15) is 21.8 Å². The second kappa shape index (κ2) is 11.1. The van der Waals surface area contributed by atoms with Gasteiger partial charge in [0.25, 0.3) is 11.5 Å². The third-order valence-electron chi connectivity index (χ3n) is 5.74. The second-order valence-electron chi connectivity index (χ2n) is 7.95. The van der Waals surface area contributed by atoms with E-state index in [2.05, 4.69) is 17.9 Å². The van der Waals surface area contributed by atoms with Crippen LogP contribution in [0.5, 0.6) is 0 Å². The molecule has 3 heterocycles. The summed E-state index contributed by atoms with van der Waals surface area (Å²) in [7, 11) is 0. The minimum absolute atomic E-state index is 0.102. The number of anilines is 1. The lowest BCUT2D eigenvalue weighted by atomic mass is 10.0. The molecule has 172 valence electrons. The molecule has 1 amide bonds. The Labute approximate surface area is 199 Å². The van der Waals surface area contributed by atoms with Crippen molar-refractivity contribution in [3.05, 3.63) is 31.9 Å². The molecule has 9 heteroatoms. The summed E-state index contributed by atoms with van der Waals surface area (Å²) in [5, 5.41) is 9.72. The molecule has 2 aliphatic heterocycles. The van der Waals surface area contributed by atoms with E-state index in [1.807, 2.05) is 13.0 Å². The van der Waals surface area contributed by atoms with Gasteiger partial charge >= 0.3 is 0 Å². The van der Waals surface area contributed by atoms with E-state index in [1.54, 1.807) is 16.4 Å². The van der Waals surface area contributed by atoms with Crippen LogP contribution < -0.4 is 10.5 Å². The van der Waals surface area contributed by atoms with Crippen molar-refractivity contribution in [1.82, 2.24) is 9.47 Å². The number of pyridine rings is 1. The predicted octanol–water partition coefficient (Wildman–Crippen LogP) is 3.67. The summed E-state index contributed by atoms with van der Waals surface area (Å²) >= 11 is 6.77. The Kier molecular flexibility index (Phi) is 8.51. The van der Waals surface area contributed by atoms with Crippen molar-refractivity contribution < 1.29 is 9.53 Å². The van der Waals surface area contributed by atoms with Gasteiger partial charge in [-0.2, -0.15) is 5.26 Å². The van der Waals surface area contributed by atoms with Gasteiger partial charge < -0.3 is 9.64 Å². The van der Waals surface area contributed by atoms with Gasteiger partial charge in [0, 0.05) is 31.7 Å². The number of unbranched alkanes of at least 4 members (excludes halogenated alkanes) is 2. The van der Waals surface area contributed by atoms with Gasteiger partial charge in [0.2, 0.25) is 0 Å². The van der Waals surface area contributed by atoms with Crippen molar-refractivity contribution in [2.75, 3.05) is 37.7 Å². The Morgan fingerprint density at radius 3 is 2.50 bits per heavy atom. The number of rotatable bonds is 8. The van der Waals surface area contributed by atoms with Crippen LogP contribution in [0, 0.1) is 18.3 Å². The van der Waals surface area contributed by atoms with Crippen LogP contribution in [0.15, 0.2) is 9.70 Å². The first-order chi connectivity index (χ1) is 15.4. The molecule has 0 radical (unpaired) electrons. The fourth-order valence-corrected chi connectivity index (χ4v) is 5.33. The van der Waals surface area contributed by atoms with Crippen molar-refractivity contribution in [2.45, 2.75) is 53.0 Å². The molecule has 32 heavy (non-hydrogen) atoms. The third kappa shape index (κ3) is 4.92. The molecule has 0 unspecified atom stereocenters. The van der Waals surface area contributed by atoms with E-state index in [9.17, 15) is 14.9 Å². The molecule has 0 spiro atoms. The SMILES string of the molecule is CCCCCN1C(=O)C(=Cc2c(C)c(C#N)c(=O)n(CCC)c2N2CCOCC2)SC1=S. The van der Waals surface area contributed by atoms with Gasteiger partial charge in [-0.3, -0.25) is 19.1 Å². The maximum Gasteiger partial charge on any atom is 0.270 e. The van der Waals surface area contributed by atoms with Crippen LogP contribution in [-0.4, -0.2) is 52.5 Å². The Morgan fingerprint density at radius 1 is 1.16 bits per heavy atom. The molecule has 1 aromatic heterocycles. The lowest BCUT2D eigenvalue weighted by Crippen LogP contribution is -2.41. The minimum atomic E-state index is -0.280. The van der Waals surface area contributed by atoms with E-state index in [1.165, 1.54) is 11.8 Å². The number of nitriles is 1. The van der Waals surface area contributed by atoms with Crippen LogP contribution in [0.25, 0.3) is 6.08 Å². The number of nitrogens with zero attached hydrogens (tertiary/aromatic N) is 4. The fraction of sp³-hybridized carbons (Fsp3) is 0.565. The van der Waals surface area contributed by atoms with Crippen molar-refractivity contribution in [3.8, 4) is 6.07 Å². The van der Waals surface area contributed by atoms with Crippen LogP contribution in [0.3, 0.4) is 0 Å². The fourth-order valence-electron chi connectivity index (χ4n) is 4.03. The molecule has 0 bridgehead atoms. The van der Waals surface area contributed by atoms with Crippen molar-refractivity contribution in [3.63, 3.8) is 0 Å². The molecule has 2 fully saturated rings. The molecular formula is C23H30N4O3S2. The normalized spacial score (nSPS) is 18.0. The van der Waals surface area contributed by atoms with Gasteiger partial charge in [-0.25, -0.2) is 0 Å². The van der Waals surface area contributed by atoms with Crippen LogP contribution in [0.1, 0.15) is 56.2 Å². The zero-order valence-corrected chi connectivity index (χ0v) is 20.6. The Bertz CT molecular complexity index is 1020. The average molecular weight is 475 g/mol. The predicted molar refractivity (Wildman–Crippen MR) is 133 cm³/mol. The lowest BCUT2D eigenvalue weighted by molar-refractivity contribution is -0.122. The number of hydrogen-bond acceptors (Lipinski definition) is 7. The molecule has 1 aromatic rings. The van der Waals surface area contributed by atoms with Gasteiger partial charge in [0.05, 0.1) is 18.1 Å². The molecule has 7 nitrogen and oxygen atoms in total. The second-order valence-corrected chi connectivity index (χ2v) is 9.62. The summed E-state index contributed by atoms with van der Waals surface area (Å²) in [6.45, 7) is 9.45. The van der Waals surface area contributed by atoms with E-state index in [-0.39, 0.29) is 17.0 Å². The van der Waals surface area contributed by atoms with E-state index in [0.29, 0.717) is 54.2 Å². The maximum atomic E-state index is 13.1. The highest BCUT2D eigenvalue weighted by Crippen LogP contribution is 2.36. The monoisotopic (exact) mass is 474 g/mol. The molecule has 2 saturated heterocycles. The van der Waals surface area contributed by atoms with Gasteiger partial charge in [-0.1, -0.05) is 50.7 Å². The van der Waals surface area contributed by atoms with Crippen LogP contribution in [0.4, 0.5) is 5.82 Å². The zero-order valence-electron chi connectivity index (χ0n) is 19.0. The number of aromatic nitrogens is 1. The first-order valence-corrected chi connectivity index (χ1v) is 12.4. The quantitative estimate of drug-likeness (QED) is 0.323. The molecule has 2 aliphatic rings. The average Bonchev–Trinajstić information content (AvgIpc) is 3.05. The summed E-state index contributed by atoms with van der Waals surface area (Å²) in [5.74, 6) is 0.656. The Hall–Kier alpha value is -2.15. The number of amides is 1. The standard InChI is InChI=1S/C23H30N4O3S2/c1-4-6-7-9-27-22(29)19(32-23(27)31)14-17-16(3)18(15-24)21(28)26(8-5-2)20(17)25-10-12-30-13-11-25/h14H,4-13H2,1-3H3. The number of carbonyl (C=O) groups is 1. The highest BCUT2D eigenvalue weighted by Gasteiger charge is 2.33. The van der Waals surface area contributed by atoms with E-state index < -0.39 is 0 Å².